The molecule has 1 aromatic carbocycles. The summed E-state index contributed by atoms with van der Waals surface area (Å²) in [6.45, 7) is 6.53. The molecule has 2 atom stereocenters. The van der Waals surface area contributed by atoms with E-state index in [9.17, 15) is 9.90 Å². The molecule has 0 aromatic heterocycles. The van der Waals surface area contributed by atoms with Crippen molar-refractivity contribution >= 4 is 5.97 Å². The van der Waals surface area contributed by atoms with Gasteiger partial charge in [-0.25, -0.2) is 4.79 Å². The lowest BCUT2D eigenvalue weighted by Crippen LogP contribution is -3.00. The first-order chi connectivity index (χ1) is 8.95. The Hall–Kier alpha value is -1.36. The highest BCUT2D eigenvalue weighted by Gasteiger charge is 2.25. The van der Waals surface area contributed by atoms with E-state index in [0.29, 0.717) is 17.6 Å². The number of carbonyl (C=O) groups excluding carboxylic acids is 1. The van der Waals surface area contributed by atoms with Crippen molar-refractivity contribution in [1.82, 2.24) is 0 Å². The topological polar surface area (TPSA) is 46.5 Å². The van der Waals surface area contributed by atoms with E-state index in [2.05, 4.69) is 6.58 Å². The lowest BCUT2D eigenvalue weighted by molar-refractivity contribution is -0.940. The van der Waals surface area contributed by atoms with Crippen molar-refractivity contribution in [1.29, 1.82) is 0 Å². The highest BCUT2D eigenvalue weighted by atomic mass is 35.5. The molecule has 0 radical (unpaired) electrons. The van der Waals surface area contributed by atoms with Gasteiger partial charge in [-0.1, -0.05) is 36.9 Å². The maximum atomic E-state index is 11.2. The zero-order valence-corrected chi connectivity index (χ0v) is 12.7. The molecule has 0 amide bonds. The molecule has 0 aliphatic rings. The van der Waals surface area contributed by atoms with E-state index in [0.717, 1.165) is 11.6 Å². The van der Waals surface area contributed by atoms with Crippen LogP contribution >= 0.6 is 0 Å². The van der Waals surface area contributed by atoms with Gasteiger partial charge in [0.15, 0.2) is 0 Å². The van der Waals surface area contributed by atoms with Crippen molar-refractivity contribution in [3.63, 3.8) is 0 Å². The minimum atomic E-state index is -0.462. The summed E-state index contributed by atoms with van der Waals surface area (Å²) < 4.78 is 5.57. The molecular weight excluding hydrogens is 278 g/mol. The Balaban J connectivity index is 0.00000361. The molecule has 0 heterocycles. The number of rotatable bonds is 7. The molecule has 1 N–H and O–H groups in total. The molecule has 0 saturated heterocycles. The number of carbonyl (C=O) groups is 1. The van der Waals surface area contributed by atoms with Gasteiger partial charge in [0.25, 0.3) is 0 Å². The molecule has 112 valence electrons. The molecule has 0 saturated carbocycles. The van der Waals surface area contributed by atoms with Gasteiger partial charge in [-0.05, 0) is 6.92 Å². The second-order valence-electron chi connectivity index (χ2n) is 5.09. The monoisotopic (exact) mass is 299 g/mol. The summed E-state index contributed by atoms with van der Waals surface area (Å²) >= 11 is 0. The van der Waals surface area contributed by atoms with Crippen LogP contribution in [0.15, 0.2) is 43.0 Å². The van der Waals surface area contributed by atoms with E-state index in [1.165, 1.54) is 0 Å². The van der Waals surface area contributed by atoms with Crippen molar-refractivity contribution in [2.24, 2.45) is 0 Å². The van der Waals surface area contributed by atoms with Crippen LogP contribution in [0.4, 0.5) is 0 Å². The number of esters is 1. The SMILES string of the molecule is C=CC(=O)OC[N+](C)(Cc1ccccc1)CC(C)O.[Cl-]. The zero-order chi connectivity index (χ0) is 14.3. The van der Waals surface area contributed by atoms with Crippen LogP contribution in [0, 0.1) is 0 Å². The van der Waals surface area contributed by atoms with E-state index >= 15 is 0 Å². The molecule has 20 heavy (non-hydrogen) atoms. The molecular formula is C15H22ClNO3. The van der Waals surface area contributed by atoms with E-state index in [-0.39, 0.29) is 19.1 Å². The minimum Gasteiger partial charge on any atom is -1.00 e. The van der Waals surface area contributed by atoms with Crippen LogP contribution in [0.25, 0.3) is 0 Å². The summed E-state index contributed by atoms with van der Waals surface area (Å²) in [5, 5.41) is 9.61. The first kappa shape index (κ1) is 18.6. The van der Waals surface area contributed by atoms with Gasteiger partial charge in [-0.3, -0.25) is 4.48 Å². The van der Waals surface area contributed by atoms with Gasteiger partial charge in [0, 0.05) is 11.6 Å². The summed E-state index contributed by atoms with van der Waals surface area (Å²) in [6.07, 6.45) is 0.686. The molecule has 0 fully saturated rings. The first-order valence-corrected chi connectivity index (χ1v) is 6.30. The Morgan fingerprint density at radius 2 is 2.05 bits per heavy atom. The second kappa shape index (κ2) is 8.74. The number of hydrogen-bond donors (Lipinski definition) is 1. The third kappa shape index (κ3) is 6.70. The van der Waals surface area contributed by atoms with Crippen LogP contribution in [0.3, 0.4) is 0 Å². The van der Waals surface area contributed by atoms with Crippen molar-refractivity contribution in [2.45, 2.75) is 19.6 Å². The van der Waals surface area contributed by atoms with E-state index < -0.39 is 12.1 Å². The third-order valence-electron chi connectivity index (χ3n) is 2.80. The van der Waals surface area contributed by atoms with Crippen molar-refractivity contribution in [3.05, 3.63) is 48.6 Å². The van der Waals surface area contributed by atoms with Crippen LogP contribution < -0.4 is 12.4 Å². The van der Waals surface area contributed by atoms with Crippen LogP contribution in [0.2, 0.25) is 0 Å². The Morgan fingerprint density at radius 1 is 1.45 bits per heavy atom. The smallest absolute Gasteiger partial charge is 0.334 e. The van der Waals surface area contributed by atoms with Crippen molar-refractivity contribution < 1.29 is 31.5 Å². The number of nitrogens with zero attached hydrogens (tertiary/aromatic N) is 1. The number of benzene rings is 1. The molecule has 4 nitrogen and oxygen atoms in total. The molecule has 1 rings (SSSR count). The van der Waals surface area contributed by atoms with Gasteiger partial charge in [0.1, 0.15) is 19.2 Å². The van der Waals surface area contributed by atoms with E-state index in [1.54, 1.807) is 6.92 Å². The fourth-order valence-corrected chi connectivity index (χ4v) is 2.10. The Kier molecular flexibility index (Phi) is 8.15. The summed E-state index contributed by atoms with van der Waals surface area (Å²) in [5.41, 5.74) is 1.14. The van der Waals surface area contributed by atoms with Crippen LogP contribution in [0.5, 0.6) is 0 Å². The predicted octanol–water partition coefficient (Wildman–Crippen LogP) is -1.30. The van der Waals surface area contributed by atoms with Gasteiger partial charge in [-0.15, -0.1) is 0 Å². The summed E-state index contributed by atoms with van der Waals surface area (Å²) in [5.74, 6) is -0.442. The average Bonchev–Trinajstić information content (AvgIpc) is 2.36. The van der Waals surface area contributed by atoms with Gasteiger partial charge in [0.2, 0.25) is 6.73 Å². The number of quaternary nitrogens is 1. The zero-order valence-electron chi connectivity index (χ0n) is 12.0. The maximum Gasteiger partial charge on any atom is 0.334 e. The fourth-order valence-electron chi connectivity index (χ4n) is 2.10. The second-order valence-corrected chi connectivity index (χ2v) is 5.09. The van der Waals surface area contributed by atoms with Crippen LogP contribution in [-0.2, 0) is 16.1 Å². The molecule has 1 aromatic rings. The number of hydrogen-bond acceptors (Lipinski definition) is 3. The Bertz CT molecular complexity index is 422. The first-order valence-electron chi connectivity index (χ1n) is 6.30. The van der Waals surface area contributed by atoms with Gasteiger partial charge >= 0.3 is 5.97 Å². The van der Waals surface area contributed by atoms with Gasteiger partial charge in [0.05, 0.1) is 7.05 Å². The predicted molar refractivity (Wildman–Crippen MR) is 74.0 cm³/mol. The highest BCUT2D eigenvalue weighted by molar-refractivity contribution is 5.81. The van der Waals surface area contributed by atoms with Crippen molar-refractivity contribution in [2.75, 3.05) is 20.3 Å². The molecule has 2 unspecified atom stereocenters. The number of aliphatic hydroxyl groups is 1. The number of halogens is 1. The quantitative estimate of drug-likeness (QED) is 0.295. The summed E-state index contributed by atoms with van der Waals surface area (Å²) in [7, 11) is 1.95. The van der Waals surface area contributed by atoms with E-state index in [1.807, 2.05) is 37.4 Å². The van der Waals surface area contributed by atoms with Crippen LogP contribution in [0.1, 0.15) is 12.5 Å². The average molecular weight is 300 g/mol. The molecule has 5 heteroatoms. The molecule has 0 spiro atoms. The summed E-state index contributed by atoms with van der Waals surface area (Å²) in [4.78, 5) is 11.2. The standard InChI is InChI=1S/C15H22NO3.ClH/c1-4-15(18)19-12-16(3,10-13(2)17)11-14-8-6-5-7-9-14;/h4-9,13,17H,1,10-12H2,2-3H3;1H/q+1;/p-1. The van der Waals surface area contributed by atoms with Crippen LogP contribution in [-0.4, -0.2) is 42.0 Å². The lowest BCUT2D eigenvalue weighted by atomic mass is 10.2. The van der Waals surface area contributed by atoms with E-state index in [4.69, 9.17) is 4.74 Å². The molecule has 0 aliphatic carbocycles. The molecule has 0 bridgehead atoms. The summed E-state index contributed by atoms with van der Waals surface area (Å²) in [6, 6.07) is 9.94. The Morgan fingerprint density at radius 3 is 2.55 bits per heavy atom. The fraction of sp³-hybridized carbons (Fsp3) is 0.400. The van der Waals surface area contributed by atoms with Gasteiger partial charge in [-0.2, -0.15) is 0 Å². The van der Waals surface area contributed by atoms with Gasteiger partial charge < -0.3 is 22.3 Å². The number of likely N-dealkylation sites (N-methyl/N-ethyl adjacent to an activating group) is 1. The number of ether oxygens (including phenoxy) is 1. The maximum absolute atomic E-state index is 11.2. The molecule has 0 aliphatic heterocycles. The highest BCUT2D eigenvalue weighted by Crippen LogP contribution is 2.13. The Labute approximate surface area is 126 Å². The largest absolute Gasteiger partial charge is 1.00 e. The third-order valence-corrected chi connectivity index (χ3v) is 2.80. The number of aliphatic hydroxyl groups excluding tert-OH is 1. The lowest BCUT2D eigenvalue weighted by Gasteiger charge is -2.34. The van der Waals surface area contributed by atoms with Crippen molar-refractivity contribution in [3.8, 4) is 0 Å². The minimum absolute atomic E-state index is 0. The normalized spacial score (nSPS) is 14.6.